The van der Waals surface area contributed by atoms with Gasteiger partial charge in [-0.25, -0.2) is 0 Å². The van der Waals surface area contributed by atoms with E-state index < -0.39 is 0 Å². The molecule has 1 aliphatic carbocycles. The summed E-state index contributed by atoms with van der Waals surface area (Å²) in [5.41, 5.74) is 4.53. The Kier molecular flexibility index (Phi) is 3.17. The van der Waals surface area contributed by atoms with E-state index in [1.807, 2.05) is 0 Å². The van der Waals surface area contributed by atoms with Crippen LogP contribution >= 0.6 is 0 Å². The predicted molar refractivity (Wildman–Crippen MR) is 71.3 cm³/mol. The largest absolute Gasteiger partial charge is 0.312 e. The first-order valence-corrected chi connectivity index (χ1v) is 6.90. The zero-order chi connectivity index (χ0) is 11.7. The molecule has 0 bridgehead atoms. The second-order valence-electron chi connectivity index (χ2n) is 5.44. The highest BCUT2D eigenvalue weighted by Crippen LogP contribution is 2.26. The van der Waals surface area contributed by atoms with Gasteiger partial charge in [0, 0.05) is 18.6 Å². The first-order valence-electron chi connectivity index (χ1n) is 6.90. The summed E-state index contributed by atoms with van der Waals surface area (Å²) < 4.78 is 0. The Hall–Kier alpha value is -0.860. The van der Waals surface area contributed by atoms with Crippen molar-refractivity contribution in [3.8, 4) is 0 Å². The number of aryl methyl sites for hydroxylation is 1. The number of hydrogen-bond donors (Lipinski definition) is 2. The van der Waals surface area contributed by atoms with Gasteiger partial charge in [0.25, 0.3) is 0 Å². The van der Waals surface area contributed by atoms with Crippen LogP contribution in [-0.4, -0.2) is 19.1 Å². The van der Waals surface area contributed by atoms with Crippen molar-refractivity contribution >= 4 is 0 Å². The second kappa shape index (κ2) is 4.79. The van der Waals surface area contributed by atoms with E-state index in [4.69, 9.17) is 0 Å². The molecular weight excluding hydrogens is 208 g/mol. The van der Waals surface area contributed by atoms with Crippen LogP contribution in [-0.2, 0) is 6.42 Å². The van der Waals surface area contributed by atoms with Gasteiger partial charge in [0.05, 0.1) is 0 Å². The summed E-state index contributed by atoms with van der Waals surface area (Å²) >= 11 is 0. The summed E-state index contributed by atoms with van der Waals surface area (Å²) in [6.45, 7) is 4.44. The molecule has 1 saturated carbocycles. The number of fused-ring (bicyclic) bond motifs is 1. The third-order valence-corrected chi connectivity index (χ3v) is 4.26. The molecule has 0 amide bonds. The molecule has 1 aliphatic heterocycles. The first kappa shape index (κ1) is 11.2. The third-order valence-electron chi connectivity index (χ3n) is 4.26. The minimum atomic E-state index is 0.514. The van der Waals surface area contributed by atoms with Crippen molar-refractivity contribution in [1.82, 2.24) is 10.6 Å². The molecule has 0 spiro atoms. The fourth-order valence-electron chi connectivity index (χ4n) is 3.01. The molecule has 17 heavy (non-hydrogen) atoms. The topological polar surface area (TPSA) is 24.1 Å². The van der Waals surface area contributed by atoms with Crippen LogP contribution < -0.4 is 10.6 Å². The molecule has 1 atom stereocenters. The van der Waals surface area contributed by atoms with Gasteiger partial charge in [-0.2, -0.15) is 0 Å². The number of benzene rings is 1. The SMILES string of the molecule is Cc1cccc2c1C(CNC1CCC1)NCC2. The normalized spacial score (nSPS) is 24.2. The molecule has 1 heterocycles. The number of hydrogen-bond acceptors (Lipinski definition) is 2. The standard InChI is InChI=1S/C15H22N2/c1-11-4-2-5-12-8-9-16-14(15(11)12)10-17-13-6-3-7-13/h2,4-5,13-14,16-17H,3,6-10H2,1H3. The van der Waals surface area contributed by atoms with Crippen LogP contribution in [0.1, 0.15) is 42.0 Å². The van der Waals surface area contributed by atoms with E-state index in [9.17, 15) is 0 Å². The molecule has 2 nitrogen and oxygen atoms in total. The summed E-state index contributed by atoms with van der Waals surface area (Å²) in [4.78, 5) is 0. The van der Waals surface area contributed by atoms with Crippen LogP contribution in [0.3, 0.4) is 0 Å². The average Bonchev–Trinajstić information content (AvgIpc) is 2.27. The number of nitrogens with one attached hydrogen (secondary N) is 2. The van der Waals surface area contributed by atoms with E-state index in [0.717, 1.165) is 19.1 Å². The van der Waals surface area contributed by atoms with Gasteiger partial charge in [-0.1, -0.05) is 24.6 Å². The van der Waals surface area contributed by atoms with Gasteiger partial charge >= 0.3 is 0 Å². The van der Waals surface area contributed by atoms with Crippen molar-refractivity contribution in [3.05, 3.63) is 34.9 Å². The zero-order valence-electron chi connectivity index (χ0n) is 10.6. The van der Waals surface area contributed by atoms with Crippen molar-refractivity contribution < 1.29 is 0 Å². The zero-order valence-corrected chi connectivity index (χ0v) is 10.6. The second-order valence-corrected chi connectivity index (χ2v) is 5.44. The molecule has 1 aromatic carbocycles. The van der Waals surface area contributed by atoms with Gasteiger partial charge in [-0.05, 0) is 49.4 Å². The quantitative estimate of drug-likeness (QED) is 0.833. The van der Waals surface area contributed by atoms with Crippen molar-refractivity contribution in [2.75, 3.05) is 13.1 Å². The van der Waals surface area contributed by atoms with Crippen molar-refractivity contribution in [2.45, 2.75) is 44.7 Å². The molecule has 92 valence electrons. The summed E-state index contributed by atoms with van der Waals surface area (Å²) in [5, 5.41) is 7.35. The molecule has 1 aromatic rings. The molecule has 2 N–H and O–H groups in total. The molecule has 0 radical (unpaired) electrons. The summed E-state index contributed by atoms with van der Waals surface area (Å²) in [6.07, 6.45) is 5.32. The molecule has 3 rings (SSSR count). The highest BCUT2D eigenvalue weighted by atomic mass is 15.0. The fraction of sp³-hybridized carbons (Fsp3) is 0.600. The summed E-state index contributed by atoms with van der Waals surface area (Å²) in [6, 6.07) is 8.02. The van der Waals surface area contributed by atoms with E-state index in [2.05, 4.69) is 35.8 Å². The predicted octanol–water partition coefficient (Wildman–Crippen LogP) is 2.32. The molecule has 0 aromatic heterocycles. The van der Waals surface area contributed by atoms with Crippen molar-refractivity contribution in [3.63, 3.8) is 0 Å². The fourth-order valence-corrected chi connectivity index (χ4v) is 3.01. The first-order chi connectivity index (χ1) is 8.34. The van der Waals surface area contributed by atoms with Gasteiger partial charge in [0.2, 0.25) is 0 Å². The van der Waals surface area contributed by atoms with Crippen LogP contribution in [0.25, 0.3) is 0 Å². The van der Waals surface area contributed by atoms with Crippen LogP contribution in [0.2, 0.25) is 0 Å². The highest BCUT2D eigenvalue weighted by Gasteiger charge is 2.23. The minimum Gasteiger partial charge on any atom is -0.312 e. The molecule has 2 heteroatoms. The Labute approximate surface area is 104 Å². The van der Waals surface area contributed by atoms with E-state index >= 15 is 0 Å². The number of rotatable bonds is 3. The van der Waals surface area contributed by atoms with Crippen LogP contribution in [0.5, 0.6) is 0 Å². The van der Waals surface area contributed by atoms with E-state index in [1.165, 1.54) is 31.2 Å². The smallest absolute Gasteiger partial charge is 0.0452 e. The lowest BCUT2D eigenvalue weighted by Crippen LogP contribution is -2.43. The third kappa shape index (κ3) is 2.24. The molecular formula is C15H22N2. The van der Waals surface area contributed by atoms with Crippen LogP contribution in [0.4, 0.5) is 0 Å². The maximum Gasteiger partial charge on any atom is 0.0452 e. The van der Waals surface area contributed by atoms with Crippen LogP contribution in [0, 0.1) is 6.92 Å². The lowest BCUT2D eigenvalue weighted by molar-refractivity contribution is 0.319. The Balaban J connectivity index is 1.73. The maximum absolute atomic E-state index is 3.69. The van der Waals surface area contributed by atoms with Gasteiger partial charge in [0.15, 0.2) is 0 Å². The van der Waals surface area contributed by atoms with Crippen LogP contribution in [0.15, 0.2) is 18.2 Å². The van der Waals surface area contributed by atoms with E-state index in [1.54, 1.807) is 11.1 Å². The highest BCUT2D eigenvalue weighted by molar-refractivity contribution is 5.39. The summed E-state index contributed by atoms with van der Waals surface area (Å²) in [5.74, 6) is 0. The van der Waals surface area contributed by atoms with Crippen molar-refractivity contribution in [2.24, 2.45) is 0 Å². The monoisotopic (exact) mass is 230 g/mol. The van der Waals surface area contributed by atoms with Gasteiger partial charge in [-0.3, -0.25) is 0 Å². The average molecular weight is 230 g/mol. The van der Waals surface area contributed by atoms with Gasteiger partial charge in [0.1, 0.15) is 0 Å². The molecule has 1 fully saturated rings. The van der Waals surface area contributed by atoms with E-state index in [0.29, 0.717) is 6.04 Å². The van der Waals surface area contributed by atoms with Gasteiger partial charge in [-0.15, -0.1) is 0 Å². The summed E-state index contributed by atoms with van der Waals surface area (Å²) in [7, 11) is 0. The Bertz CT molecular complexity index is 396. The lowest BCUT2D eigenvalue weighted by atomic mass is 9.89. The molecule has 2 aliphatic rings. The van der Waals surface area contributed by atoms with Gasteiger partial charge < -0.3 is 10.6 Å². The van der Waals surface area contributed by atoms with Crippen molar-refractivity contribution in [1.29, 1.82) is 0 Å². The molecule has 1 unspecified atom stereocenters. The maximum atomic E-state index is 3.69. The Morgan fingerprint density at radius 1 is 1.35 bits per heavy atom. The lowest BCUT2D eigenvalue weighted by Gasteiger charge is -2.33. The Morgan fingerprint density at radius 2 is 2.24 bits per heavy atom. The van der Waals surface area contributed by atoms with E-state index in [-0.39, 0.29) is 0 Å². The molecule has 0 saturated heterocycles. The Morgan fingerprint density at radius 3 is 3.00 bits per heavy atom. The minimum absolute atomic E-state index is 0.514.